The van der Waals surface area contributed by atoms with Crippen LogP contribution in [-0.4, -0.2) is 17.7 Å². The first-order valence-electron chi connectivity index (χ1n) is 11.3. The van der Waals surface area contributed by atoms with E-state index in [0.717, 1.165) is 15.9 Å². The summed E-state index contributed by atoms with van der Waals surface area (Å²) in [5.74, 6) is -0.555. The highest BCUT2D eigenvalue weighted by Gasteiger charge is 2.24. The van der Waals surface area contributed by atoms with Crippen molar-refractivity contribution in [1.29, 1.82) is 5.26 Å². The molecule has 3 rings (SSSR count). The minimum atomic E-state index is -0.284. The monoisotopic (exact) mass is 482 g/mol. The molecule has 0 saturated heterocycles. The lowest BCUT2D eigenvalue weighted by Crippen LogP contribution is -2.36. The number of rotatable bonds is 6. The molecule has 34 heavy (non-hydrogen) atoms. The molecule has 3 aromatic rings. The molecule has 0 bridgehead atoms. The predicted octanol–water partition coefficient (Wildman–Crippen LogP) is 5.97. The lowest BCUT2D eigenvalue weighted by atomic mass is 10.0. The van der Waals surface area contributed by atoms with Crippen molar-refractivity contribution in [1.82, 2.24) is 0 Å². The van der Waals surface area contributed by atoms with Gasteiger partial charge in [-0.25, -0.2) is 4.39 Å². The molecule has 178 valence electrons. The first-order chi connectivity index (χ1) is 16.2. The van der Waals surface area contributed by atoms with Crippen LogP contribution in [0, 0.1) is 31.0 Å². The second-order valence-corrected chi connectivity index (χ2v) is 8.03. The molecule has 1 amide bonds. The molecule has 2 aromatic carbocycles. The van der Waals surface area contributed by atoms with Crippen molar-refractivity contribution in [2.75, 3.05) is 11.4 Å². The van der Waals surface area contributed by atoms with Gasteiger partial charge in [-0.15, -0.1) is 0 Å². The number of hydrogen-bond acceptors (Lipinski definition) is 3. The number of hydrogen-bond donors (Lipinski definition) is 1. The summed E-state index contributed by atoms with van der Waals surface area (Å²) >= 11 is 6.21. The molecule has 0 aliphatic heterocycles. The van der Waals surface area contributed by atoms with E-state index < -0.39 is 0 Å². The lowest BCUT2D eigenvalue weighted by molar-refractivity contribution is -0.905. The number of aromatic nitrogens is 1. The maximum Gasteiger partial charge on any atom is 0.258 e. The predicted molar refractivity (Wildman–Crippen MR) is 132 cm³/mol. The summed E-state index contributed by atoms with van der Waals surface area (Å²) in [4.78, 5) is 15.3. The van der Waals surface area contributed by atoms with E-state index in [2.05, 4.69) is 0 Å². The fourth-order valence-corrected chi connectivity index (χ4v) is 3.97. The number of carbonyl (C=O) groups excluding carboxylic acids is 1. The summed E-state index contributed by atoms with van der Waals surface area (Å²) in [7, 11) is 0. The van der Waals surface area contributed by atoms with Gasteiger partial charge in [-0.2, -0.15) is 5.26 Å². The number of aryl methyl sites for hydroxylation is 3. The fourth-order valence-electron chi connectivity index (χ4n) is 3.76. The largest absolute Gasteiger partial charge is 0.307 e. The van der Waals surface area contributed by atoms with Crippen LogP contribution in [0.4, 0.5) is 10.1 Å². The second-order valence-electron chi connectivity index (χ2n) is 7.63. The minimum Gasteiger partial charge on any atom is -0.307 e. The van der Waals surface area contributed by atoms with Gasteiger partial charge in [-0.05, 0) is 67.6 Å². The van der Waals surface area contributed by atoms with Gasteiger partial charge in [0.15, 0.2) is 0 Å². The highest BCUT2D eigenvalue weighted by molar-refractivity contribution is 6.32. The van der Waals surface area contributed by atoms with E-state index in [1.54, 1.807) is 36.9 Å². The van der Waals surface area contributed by atoms with E-state index in [1.807, 2.05) is 26.8 Å². The molecule has 5 nitrogen and oxygen atoms in total. The number of benzene rings is 2. The van der Waals surface area contributed by atoms with Crippen LogP contribution in [0.1, 0.15) is 58.9 Å². The van der Waals surface area contributed by atoms with Crippen LogP contribution in [-0.2, 0) is 12.8 Å². The zero-order valence-corrected chi connectivity index (χ0v) is 20.9. The number of pyridine rings is 1. The molecular formula is C27H30ClFN3O2+. The number of nitrogens with zero attached hydrogens (tertiary/aromatic N) is 3. The Balaban J connectivity index is 0.00000199. The first-order valence-corrected chi connectivity index (χ1v) is 11.6. The van der Waals surface area contributed by atoms with Crippen LogP contribution in [0.25, 0.3) is 0 Å². The highest BCUT2D eigenvalue weighted by atomic mass is 35.5. The molecule has 0 aliphatic carbocycles. The fraction of sp³-hybridized carbons (Fsp3) is 0.296. The third-order valence-corrected chi connectivity index (χ3v) is 5.78. The van der Waals surface area contributed by atoms with E-state index in [0.29, 0.717) is 47.3 Å². The van der Waals surface area contributed by atoms with Gasteiger partial charge in [0, 0.05) is 28.5 Å². The molecule has 0 spiro atoms. The first kappa shape index (κ1) is 26.8. The Morgan fingerprint density at radius 2 is 1.85 bits per heavy atom. The van der Waals surface area contributed by atoms with Gasteiger partial charge in [0.2, 0.25) is 12.4 Å². The molecule has 0 unspecified atom stereocenters. The second kappa shape index (κ2) is 12.2. The van der Waals surface area contributed by atoms with Gasteiger partial charge in [0.25, 0.3) is 5.91 Å². The maximum atomic E-state index is 13.7. The van der Waals surface area contributed by atoms with Gasteiger partial charge >= 0.3 is 0 Å². The molecule has 7 heteroatoms. The van der Waals surface area contributed by atoms with Crippen LogP contribution < -0.4 is 9.63 Å². The Morgan fingerprint density at radius 1 is 1.15 bits per heavy atom. The van der Waals surface area contributed by atoms with E-state index in [4.69, 9.17) is 11.6 Å². The third kappa shape index (κ3) is 6.12. The van der Waals surface area contributed by atoms with Crippen molar-refractivity contribution in [2.45, 2.75) is 47.5 Å². The normalized spacial score (nSPS) is 10.2. The standard InChI is InChI=1S/C25H24ClFN3O2.C2H6/c1-4-18-12-21(27)6-5-19(18)7-10-30(24-8-9-29(32)15-17(24)3)25(31)22-13-23(26)20(14-28)11-16(22)2;1-2/h5-6,8-9,11-13,15,32H,4,7,10H2,1-3H3;1-2H3/q+1;. The Kier molecular flexibility index (Phi) is 9.58. The van der Waals surface area contributed by atoms with Gasteiger partial charge < -0.3 is 4.90 Å². The van der Waals surface area contributed by atoms with Gasteiger partial charge in [0.1, 0.15) is 11.9 Å². The number of halogens is 2. The van der Waals surface area contributed by atoms with Crippen molar-refractivity contribution in [3.05, 3.63) is 93.0 Å². The molecule has 1 aromatic heterocycles. The van der Waals surface area contributed by atoms with Crippen LogP contribution in [0.15, 0.2) is 48.8 Å². The summed E-state index contributed by atoms with van der Waals surface area (Å²) in [6.07, 6.45) is 4.17. The highest BCUT2D eigenvalue weighted by Crippen LogP contribution is 2.26. The number of anilines is 1. The van der Waals surface area contributed by atoms with Crippen molar-refractivity contribution in [3.8, 4) is 6.07 Å². The SMILES string of the molecule is CC.CCc1cc(F)ccc1CCN(C(=O)c1cc(Cl)c(C#N)cc1C)c1cc[n+](O)cc1C. The van der Waals surface area contributed by atoms with Crippen molar-refractivity contribution in [2.24, 2.45) is 0 Å². The van der Waals surface area contributed by atoms with E-state index in [-0.39, 0.29) is 16.7 Å². The van der Waals surface area contributed by atoms with E-state index in [9.17, 15) is 19.7 Å². The quantitative estimate of drug-likeness (QED) is 0.347. The van der Waals surface area contributed by atoms with E-state index >= 15 is 0 Å². The van der Waals surface area contributed by atoms with Gasteiger partial charge in [0.05, 0.1) is 16.3 Å². The molecule has 0 atom stereocenters. The summed E-state index contributed by atoms with van der Waals surface area (Å²) < 4.78 is 14.6. The average Bonchev–Trinajstić information content (AvgIpc) is 2.83. The van der Waals surface area contributed by atoms with Crippen molar-refractivity contribution >= 4 is 23.2 Å². The zero-order chi connectivity index (χ0) is 25.4. The molecule has 1 heterocycles. The average molecular weight is 483 g/mol. The van der Waals surface area contributed by atoms with Crippen molar-refractivity contribution in [3.63, 3.8) is 0 Å². The molecule has 0 radical (unpaired) electrons. The van der Waals surface area contributed by atoms with Crippen LogP contribution >= 0.6 is 11.6 Å². The molecule has 1 N–H and O–H groups in total. The summed E-state index contributed by atoms with van der Waals surface area (Å²) in [6, 6.07) is 11.5. The topological polar surface area (TPSA) is 68.2 Å². The minimum absolute atomic E-state index is 0.214. The van der Waals surface area contributed by atoms with Crippen LogP contribution in [0.5, 0.6) is 0 Å². The summed E-state index contributed by atoms with van der Waals surface area (Å²) in [5, 5.41) is 19.2. The van der Waals surface area contributed by atoms with Crippen molar-refractivity contribution < 1.29 is 19.1 Å². The number of nitriles is 1. The van der Waals surface area contributed by atoms with Gasteiger partial charge in [-0.3, -0.25) is 10.0 Å². The molecular weight excluding hydrogens is 453 g/mol. The van der Waals surface area contributed by atoms with Crippen LogP contribution in [0.2, 0.25) is 5.02 Å². The summed E-state index contributed by atoms with van der Waals surface area (Å²) in [5.41, 5.74) is 4.55. The Labute approximate surface area is 205 Å². The Hall–Kier alpha value is -3.43. The van der Waals surface area contributed by atoms with Crippen LogP contribution in [0.3, 0.4) is 0 Å². The third-order valence-electron chi connectivity index (χ3n) is 5.47. The zero-order valence-electron chi connectivity index (χ0n) is 20.2. The smallest absolute Gasteiger partial charge is 0.258 e. The number of carbonyl (C=O) groups is 1. The van der Waals surface area contributed by atoms with Gasteiger partial charge in [-0.1, -0.05) is 38.4 Å². The molecule has 0 saturated carbocycles. The Morgan fingerprint density at radius 3 is 2.47 bits per heavy atom. The summed E-state index contributed by atoms with van der Waals surface area (Å²) in [6.45, 7) is 9.86. The molecule has 0 aliphatic rings. The van der Waals surface area contributed by atoms with E-state index in [1.165, 1.54) is 30.6 Å². The maximum absolute atomic E-state index is 13.7. The Bertz CT molecular complexity index is 1220. The molecule has 0 fully saturated rings. The number of amides is 1. The lowest BCUT2D eigenvalue weighted by Gasteiger charge is -2.25.